The van der Waals surface area contributed by atoms with E-state index in [9.17, 15) is 4.79 Å². The largest absolute Gasteiger partial charge is 0.481 e. The van der Waals surface area contributed by atoms with E-state index in [1.807, 2.05) is 13.8 Å². The minimum absolute atomic E-state index is 0.175. The van der Waals surface area contributed by atoms with E-state index < -0.39 is 5.97 Å². The van der Waals surface area contributed by atoms with Crippen LogP contribution in [0, 0.1) is 0 Å². The van der Waals surface area contributed by atoms with Gasteiger partial charge in [0, 0.05) is 5.75 Å². The minimum atomic E-state index is -0.772. The number of nitrogens with zero attached hydrogens (tertiary/aromatic N) is 4. The number of carbonyl (C=O) groups is 1. The summed E-state index contributed by atoms with van der Waals surface area (Å²) in [5.74, 6) is 1.25. The Bertz CT molecular complexity index is 326. The van der Waals surface area contributed by atoms with Crippen LogP contribution in [0.5, 0.6) is 0 Å². The summed E-state index contributed by atoms with van der Waals surface area (Å²) in [5.41, 5.74) is 0. The van der Waals surface area contributed by atoms with Crippen molar-refractivity contribution in [2.75, 3.05) is 5.75 Å². The van der Waals surface area contributed by atoms with Crippen molar-refractivity contribution in [2.24, 2.45) is 0 Å². The number of aromatic nitrogens is 4. The lowest BCUT2D eigenvalue weighted by Gasteiger charge is -2.06. The molecule has 0 aliphatic carbocycles. The predicted molar refractivity (Wildman–Crippen MR) is 56.6 cm³/mol. The molecule has 0 unspecified atom stereocenters. The average molecular weight is 230 g/mol. The fourth-order valence-electron chi connectivity index (χ4n) is 1.03. The van der Waals surface area contributed by atoms with E-state index in [4.69, 9.17) is 5.11 Å². The molecule has 1 heterocycles. The Balaban J connectivity index is 2.37. The molecular formula is C8H14N4O2S. The van der Waals surface area contributed by atoms with Crippen LogP contribution in [0.4, 0.5) is 0 Å². The van der Waals surface area contributed by atoms with Gasteiger partial charge in [-0.3, -0.25) is 4.79 Å². The third-order valence-electron chi connectivity index (χ3n) is 1.74. The SMILES string of the molecule is CC(C)n1nnnc1CSCCC(=O)O. The Labute approximate surface area is 92.0 Å². The summed E-state index contributed by atoms with van der Waals surface area (Å²) in [6.45, 7) is 4.00. The number of tetrazole rings is 1. The quantitative estimate of drug-likeness (QED) is 0.733. The third-order valence-corrected chi connectivity index (χ3v) is 2.70. The lowest BCUT2D eigenvalue weighted by Crippen LogP contribution is -2.07. The second-order valence-electron chi connectivity index (χ2n) is 3.33. The Morgan fingerprint density at radius 1 is 1.60 bits per heavy atom. The zero-order valence-corrected chi connectivity index (χ0v) is 9.57. The monoisotopic (exact) mass is 230 g/mol. The first-order valence-corrected chi connectivity index (χ1v) is 5.83. The van der Waals surface area contributed by atoms with Gasteiger partial charge in [-0.05, 0) is 24.3 Å². The fourth-order valence-corrected chi connectivity index (χ4v) is 1.87. The van der Waals surface area contributed by atoms with Gasteiger partial charge in [-0.25, -0.2) is 4.68 Å². The highest BCUT2D eigenvalue weighted by atomic mass is 32.2. The molecule has 7 heteroatoms. The summed E-state index contributed by atoms with van der Waals surface area (Å²) in [6.07, 6.45) is 0.175. The molecule has 0 aliphatic heterocycles. The van der Waals surface area contributed by atoms with Crippen LogP contribution in [0.25, 0.3) is 0 Å². The summed E-state index contributed by atoms with van der Waals surface area (Å²) < 4.78 is 1.74. The molecule has 1 aromatic rings. The number of carboxylic acids is 1. The van der Waals surface area contributed by atoms with Crippen molar-refractivity contribution in [1.82, 2.24) is 20.2 Å². The van der Waals surface area contributed by atoms with E-state index in [0.717, 1.165) is 5.82 Å². The maximum Gasteiger partial charge on any atom is 0.304 e. The molecule has 0 aromatic carbocycles. The maximum atomic E-state index is 10.3. The highest BCUT2D eigenvalue weighted by Gasteiger charge is 2.08. The van der Waals surface area contributed by atoms with Crippen LogP contribution in [0.2, 0.25) is 0 Å². The van der Waals surface area contributed by atoms with Crippen LogP contribution < -0.4 is 0 Å². The van der Waals surface area contributed by atoms with Gasteiger partial charge in [0.2, 0.25) is 0 Å². The molecule has 1 aromatic heterocycles. The highest BCUT2D eigenvalue weighted by Crippen LogP contribution is 2.13. The minimum Gasteiger partial charge on any atom is -0.481 e. The third kappa shape index (κ3) is 3.86. The number of thioether (sulfide) groups is 1. The van der Waals surface area contributed by atoms with Crippen molar-refractivity contribution in [3.05, 3.63) is 5.82 Å². The molecule has 6 nitrogen and oxygen atoms in total. The molecule has 0 atom stereocenters. The standard InChI is InChI=1S/C8H14N4O2S/c1-6(2)12-7(9-10-11-12)5-15-4-3-8(13)14/h6H,3-5H2,1-2H3,(H,13,14). The van der Waals surface area contributed by atoms with E-state index in [0.29, 0.717) is 11.5 Å². The molecule has 1 rings (SSSR count). The highest BCUT2D eigenvalue weighted by molar-refractivity contribution is 7.98. The van der Waals surface area contributed by atoms with Crippen molar-refractivity contribution in [2.45, 2.75) is 32.1 Å². The second-order valence-corrected chi connectivity index (χ2v) is 4.43. The van der Waals surface area contributed by atoms with Gasteiger partial charge in [-0.2, -0.15) is 11.8 Å². The summed E-state index contributed by atoms with van der Waals surface area (Å²) >= 11 is 1.53. The van der Waals surface area contributed by atoms with Gasteiger partial charge in [0.15, 0.2) is 5.82 Å². The molecule has 0 radical (unpaired) electrons. The van der Waals surface area contributed by atoms with E-state index in [2.05, 4.69) is 15.5 Å². The molecule has 0 fully saturated rings. The van der Waals surface area contributed by atoms with Crippen LogP contribution in [-0.2, 0) is 10.5 Å². The second kappa shape index (κ2) is 5.69. The summed E-state index contributed by atoms with van der Waals surface area (Å²) in [6, 6.07) is 0.232. The van der Waals surface area contributed by atoms with Crippen molar-refractivity contribution in [3.63, 3.8) is 0 Å². The molecule has 1 N–H and O–H groups in total. The Kier molecular flexibility index (Phi) is 4.54. The molecule has 0 amide bonds. The average Bonchev–Trinajstić information content (AvgIpc) is 2.60. The first-order chi connectivity index (χ1) is 7.11. The summed E-state index contributed by atoms with van der Waals surface area (Å²) in [4.78, 5) is 10.3. The normalized spacial score (nSPS) is 10.9. The van der Waals surface area contributed by atoms with Crippen LogP contribution >= 0.6 is 11.8 Å². The van der Waals surface area contributed by atoms with Crippen LogP contribution in [0.15, 0.2) is 0 Å². The first-order valence-electron chi connectivity index (χ1n) is 4.67. The number of aliphatic carboxylic acids is 1. The van der Waals surface area contributed by atoms with E-state index >= 15 is 0 Å². The topological polar surface area (TPSA) is 80.9 Å². The molecule has 15 heavy (non-hydrogen) atoms. The smallest absolute Gasteiger partial charge is 0.304 e. The molecular weight excluding hydrogens is 216 g/mol. The zero-order valence-electron chi connectivity index (χ0n) is 8.75. The van der Waals surface area contributed by atoms with E-state index in [1.165, 1.54) is 11.8 Å². The maximum absolute atomic E-state index is 10.3. The van der Waals surface area contributed by atoms with E-state index in [-0.39, 0.29) is 12.5 Å². The molecule has 0 aliphatic rings. The van der Waals surface area contributed by atoms with Gasteiger partial charge >= 0.3 is 5.97 Å². The van der Waals surface area contributed by atoms with Crippen LogP contribution in [0.1, 0.15) is 32.1 Å². The lowest BCUT2D eigenvalue weighted by molar-refractivity contribution is -0.136. The van der Waals surface area contributed by atoms with Crippen molar-refractivity contribution >= 4 is 17.7 Å². The number of rotatable bonds is 6. The van der Waals surface area contributed by atoms with Crippen molar-refractivity contribution in [1.29, 1.82) is 0 Å². The van der Waals surface area contributed by atoms with Gasteiger partial charge < -0.3 is 5.11 Å². The number of hydrogen-bond acceptors (Lipinski definition) is 5. The Morgan fingerprint density at radius 3 is 2.93 bits per heavy atom. The molecule has 0 saturated heterocycles. The van der Waals surface area contributed by atoms with Crippen molar-refractivity contribution < 1.29 is 9.90 Å². The van der Waals surface area contributed by atoms with Crippen molar-refractivity contribution in [3.8, 4) is 0 Å². The van der Waals surface area contributed by atoms with Gasteiger partial charge in [-0.15, -0.1) is 5.10 Å². The molecule has 0 spiro atoms. The van der Waals surface area contributed by atoms with E-state index in [1.54, 1.807) is 4.68 Å². The lowest BCUT2D eigenvalue weighted by atomic mass is 10.4. The number of hydrogen-bond donors (Lipinski definition) is 1. The Morgan fingerprint density at radius 2 is 2.33 bits per heavy atom. The summed E-state index contributed by atoms with van der Waals surface area (Å²) in [7, 11) is 0. The van der Waals surface area contributed by atoms with Gasteiger partial charge in [-0.1, -0.05) is 0 Å². The predicted octanol–water partition coefficient (Wildman–Crippen LogP) is 0.962. The van der Waals surface area contributed by atoms with Crippen LogP contribution in [0.3, 0.4) is 0 Å². The van der Waals surface area contributed by atoms with Crippen LogP contribution in [-0.4, -0.2) is 37.0 Å². The molecule has 84 valence electrons. The first kappa shape index (κ1) is 12.0. The number of carboxylic acid groups (broad SMARTS) is 1. The van der Waals surface area contributed by atoms with Gasteiger partial charge in [0.05, 0.1) is 18.2 Å². The Hall–Kier alpha value is -1.11. The molecule has 0 bridgehead atoms. The summed E-state index contributed by atoms with van der Waals surface area (Å²) in [5, 5.41) is 19.8. The molecule has 0 saturated carbocycles. The van der Waals surface area contributed by atoms with Gasteiger partial charge in [0.25, 0.3) is 0 Å². The van der Waals surface area contributed by atoms with Gasteiger partial charge in [0.1, 0.15) is 0 Å². The fraction of sp³-hybridized carbons (Fsp3) is 0.750. The zero-order chi connectivity index (χ0) is 11.3.